The smallest absolute Gasteiger partial charge is 0.336 e. The fourth-order valence-electron chi connectivity index (χ4n) is 3.88. The van der Waals surface area contributed by atoms with Crippen LogP contribution in [-0.2, 0) is 6.54 Å². The van der Waals surface area contributed by atoms with Crippen molar-refractivity contribution in [3.63, 3.8) is 0 Å². The van der Waals surface area contributed by atoms with Gasteiger partial charge < -0.3 is 9.52 Å². The quantitative estimate of drug-likeness (QED) is 0.875. The minimum Gasteiger partial charge on any atom is -0.422 e. The summed E-state index contributed by atoms with van der Waals surface area (Å²) < 4.78 is 5.44. The first-order chi connectivity index (χ1) is 11.5. The Morgan fingerprint density at radius 3 is 2.62 bits per heavy atom. The van der Waals surface area contributed by atoms with Crippen LogP contribution < -0.4 is 5.63 Å². The van der Waals surface area contributed by atoms with E-state index in [1.165, 1.54) is 5.56 Å². The number of hydrogen-bond donors (Lipinski definition) is 1. The molecule has 2 heterocycles. The molecule has 3 rings (SSSR count). The predicted octanol–water partition coefficient (Wildman–Crippen LogP) is 3.25. The molecule has 4 heteroatoms. The number of aliphatic hydroxyl groups excluding tert-OH is 1. The van der Waals surface area contributed by atoms with Gasteiger partial charge in [0.2, 0.25) is 0 Å². The number of aryl methyl sites for hydroxylation is 2. The molecule has 1 unspecified atom stereocenters. The van der Waals surface area contributed by atoms with Gasteiger partial charge in [-0.3, -0.25) is 4.90 Å². The zero-order valence-electron chi connectivity index (χ0n) is 14.8. The number of nitrogens with zero attached hydrogens (tertiary/aromatic N) is 1. The average Bonchev–Trinajstić information content (AvgIpc) is 2.56. The lowest BCUT2D eigenvalue weighted by atomic mass is 9.86. The van der Waals surface area contributed by atoms with Gasteiger partial charge in [-0.05, 0) is 74.4 Å². The summed E-state index contributed by atoms with van der Waals surface area (Å²) in [7, 11) is 0. The highest BCUT2D eigenvalue weighted by molar-refractivity contribution is 5.83. The van der Waals surface area contributed by atoms with E-state index >= 15 is 0 Å². The molecule has 1 atom stereocenters. The van der Waals surface area contributed by atoms with Crippen LogP contribution in [0.2, 0.25) is 0 Å². The van der Waals surface area contributed by atoms with Crippen LogP contribution in [0.3, 0.4) is 0 Å². The number of fused-ring (bicyclic) bond motifs is 1. The van der Waals surface area contributed by atoms with Gasteiger partial charge >= 0.3 is 5.63 Å². The summed E-state index contributed by atoms with van der Waals surface area (Å²) in [6.07, 6.45) is 2.22. The summed E-state index contributed by atoms with van der Waals surface area (Å²) in [5.41, 5.74) is 3.70. The third-order valence-corrected chi connectivity index (χ3v) is 5.38. The first-order valence-electron chi connectivity index (χ1n) is 8.85. The molecule has 0 saturated carbocycles. The number of likely N-dealkylation sites (tertiary alicyclic amines) is 1. The predicted molar refractivity (Wildman–Crippen MR) is 96.2 cm³/mol. The van der Waals surface area contributed by atoms with Crippen LogP contribution in [0.1, 0.15) is 36.5 Å². The molecule has 1 aromatic heterocycles. The maximum absolute atomic E-state index is 12.0. The number of benzene rings is 1. The Balaban J connectivity index is 1.82. The lowest BCUT2D eigenvalue weighted by Crippen LogP contribution is -2.36. The first-order valence-corrected chi connectivity index (χ1v) is 8.85. The van der Waals surface area contributed by atoms with Crippen LogP contribution in [-0.4, -0.2) is 29.7 Å². The van der Waals surface area contributed by atoms with Crippen molar-refractivity contribution in [3.05, 3.63) is 45.3 Å². The second kappa shape index (κ2) is 7.08. The van der Waals surface area contributed by atoms with Crippen molar-refractivity contribution in [1.29, 1.82) is 0 Å². The van der Waals surface area contributed by atoms with Crippen molar-refractivity contribution >= 4 is 11.0 Å². The van der Waals surface area contributed by atoms with E-state index in [0.29, 0.717) is 17.4 Å². The number of hydrogen-bond acceptors (Lipinski definition) is 4. The minimum absolute atomic E-state index is 0.270. The van der Waals surface area contributed by atoms with Crippen molar-refractivity contribution in [2.75, 3.05) is 19.7 Å². The third kappa shape index (κ3) is 3.55. The van der Waals surface area contributed by atoms with Crippen molar-refractivity contribution in [1.82, 2.24) is 4.90 Å². The molecule has 1 aliphatic rings. The summed E-state index contributed by atoms with van der Waals surface area (Å²) in [6.45, 7) is 9.27. The molecular weight excluding hydrogens is 302 g/mol. The SMILES string of the molecule is Cc1cc(C)c2oc(=O)cc(CN3CCC(C(C)CO)CC3)c2c1. The maximum atomic E-state index is 12.0. The Hall–Kier alpha value is -1.65. The second-order valence-corrected chi connectivity index (χ2v) is 7.32. The molecule has 1 saturated heterocycles. The van der Waals surface area contributed by atoms with Gasteiger partial charge in [-0.2, -0.15) is 0 Å². The van der Waals surface area contributed by atoms with Crippen LogP contribution in [0, 0.1) is 25.7 Å². The zero-order valence-corrected chi connectivity index (χ0v) is 14.8. The van der Waals surface area contributed by atoms with Gasteiger partial charge in [0.15, 0.2) is 0 Å². The molecule has 0 aliphatic carbocycles. The fourth-order valence-corrected chi connectivity index (χ4v) is 3.88. The van der Waals surface area contributed by atoms with Gasteiger partial charge in [0.05, 0.1) is 0 Å². The van der Waals surface area contributed by atoms with E-state index < -0.39 is 0 Å². The lowest BCUT2D eigenvalue weighted by Gasteiger charge is -2.34. The zero-order chi connectivity index (χ0) is 17.3. The van der Waals surface area contributed by atoms with E-state index in [1.807, 2.05) is 6.92 Å². The monoisotopic (exact) mass is 329 g/mol. The Kier molecular flexibility index (Phi) is 5.07. The normalized spacial score (nSPS) is 18.2. The molecule has 4 nitrogen and oxygen atoms in total. The molecule has 0 spiro atoms. The van der Waals surface area contributed by atoms with Crippen LogP contribution in [0.5, 0.6) is 0 Å². The van der Waals surface area contributed by atoms with Crippen molar-refractivity contribution < 1.29 is 9.52 Å². The molecule has 1 aliphatic heterocycles. The molecule has 1 fully saturated rings. The summed E-state index contributed by atoms with van der Waals surface area (Å²) in [6, 6.07) is 5.81. The topological polar surface area (TPSA) is 53.7 Å². The van der Waals surface area contributed by atoms with Gasteiger partial charge in [0.25, 0.3) is 0 Å². The van der Waals surface area contributed by atoms with Crippen molar-refractivity contribution in [3.8, 4) is 0 Å². The van der Waals surface area contributed by atoms with E-state index in [-0.39, 0.29) is 12.2 Å². The Labute approximate surface area is 143 Å². The van der Waals surface area contributed by atoms with Crippen LogP contribution in [0.25, 0.3) is 11.0 Å². The summed E-state index contributed by atoms with van der Waals surface area (Å²) in [5.74, 6) is 0.982. The van der Waals surface area contributed by atoms with E-state index in [1.54, 1.807) is 6.07 Å². The van der Waals surface area contributed by atoms with E-state index in [9.17, 15) is 9.90 Å². The van der Waals surface area contributed by atoms with Crippen molar-refractivity contribution in [2.24, 2.45) is 11.8 Å². The van der Waals surface area contributed by atoms with E-state index in [4.69, 9.17) is 4.42 Å². The molecule has 1 N–H and O–H groups in total. The molecule has 2 aromatic rings. The number of aliphatic hydroxyl groups is 1. The number of rotatable bonds is 4. The largest absolute Gasteiger partial charge is 0.422 e. The molecule has 0 radical (unpaired) electrons. The summed E-state index contributed by atoms with van der Waals surface area (Å²) in [5, 5.41) is 10.4. The molecule has 130 valence electrons. The third-order valence-electron chi connectivity index (χ3n) is 5.38. The Bertz CT molecular complexity index is 772. The van der Waals surface area contributed by atoms with Gasteiger partial charge in [-0.25, -0.2) is 4.79 Å². The van der Waals surface area contributed by atoms with Crippen LogP contribution >= 0.6 is 0 Å². The highest BCUT2D eigenvalue weighted by Crippen LogP contribution is 2.28. The van der Waals surface area contributed by atoms with Crippen LogP contribution in [0.4, 0.5) is 0 Å². The Morgan fingerprint density at radius 2 is 1.96 bits per heavy atom. The van der Waals surface area contributed by atoms with E-state index in [0.717, 1.165) is 49.0 Å². The van der Waals surface area contributed by atoms with Gasteiger partial charge in [-0.15, -0.1) is 0 Å². The van der Waals surface area contributed by atoms with Gasteiger partial charge in [0, 0.05) is 24.6 Å². The average molecular weight is 329 g/mol. The minimum atomic E-state index is -0.270. The standard InChI is InChI=1S/C20H27NO3/c1-13-8-14(2)20-18(9-13)17(10-19(23)24-20)11-21-6-4-16(5-7-21)15(3)12-22/h8-10,15-16,22H,4-7,11-12H2,1-3H3. The molecule has 24 heavy (non-hydrogen) atoms. The summed E-state index contributed by atoms with van der Waals surface area (Å²) >= 11 is 0. The second-order valence-electron chi connectivity index (χ2n) is 7.32. The lowest BCUT2D eigenvalue weighted by molar-refractivity contribution is 0.112. The molecule has 1 aromatic carbocycles. The highest BCUT2D eigenvalue weighted by Gasteiger charge is 2.24. The highest BCUT2D eigenvalue weighted by atomic mass is 16.4. The number of piperidine rings is 1. The first kappa shape index (κ1) is 17.2. The summed E-state index contributed by atoms with van der Waals surface area (Å²) in [4.78, 5) is 14.4. The maximum Gasteiger partial charge on any atom is 0.336 e. The van der Waals surface area contributed by atoms with Gasteiger partial charge in [0.1, 0.15) is 5.58 Å². The van der Waals surface area contributed by atoms with Crippen LogP contribution in [0.15, 0.2) is 27.4 Å². The fraction of sp³-hybridized carbons (Fsp3) is 0.550. The molecule has 0 bridgehead atoms. The molecule has 0 amide bonds. The van der Waals surface area contributed by atoms with Gasteiger partial charge in [-0.1, -0.05) is 13.0 Å². The van der Waals surface area contributed by atoms with E-state index in [2.05, 4.69) is 30.9 Å². The van der Waals surface area contributed by atoms with Crippen molar-refractivity contribution in [2.45, 2.75) is 40.2 Å². The molecular formula is C20H27NO3. The Morgan fingerprint density at radius 1 is 1.25 bits per heavy atom.